The van der Waals surface area contributed by atoms with Gasteiger partial charge in [-0.25, -0.2) is 0 Å². The largest absolute Gasteiger partial charge is 0.487 e. The van der Waals surface area contributed by atoms with E-state index in [0.29, 0.717) is 6.61 Å². The highest BCUT2D eigenvalue weighted by Gasteiger charge is 2.01. The first kappa shape index (κ1) is 9.89. The maximum atomic E-state index is 5.65. The van der Waals surface area contributed by atoms with E-state index in [4.69, 9.17) is 4.74 Å². The molecule has 3 rings (SSSR count). The lowest BCUT2D eigenvalue weighted by Gasteiger charge is -2.03. The number of nitrogens with one attached hydrogen (secondary N) is 1. The van der Waals surface area contributed by atoms with Crippen LogP contribution < -0.4 is 4.74 Å². The number of aromatic nitrogens is 4. The van der Waals surface area contributed by atoms with E-state index in [0.717, 1.165) is 22.3 Å². The predicted octanol–water partition coefficient (Wildman–Crippen LogP) is 1.88. The van der Waals surface area contributed by atoms with E-state index in [1.165, 1.54) is 0 Å². The number of hydrogen-bond donors (Lipinski definition) is 1. The Balaban J connectivity index is 1.76. The van der Waals surface area contributed by atoms with Gasteiger partial charge in [0.15, 0.2) is 0 Å². The molecule has 0 aliphatic rings. The molecule has 86 valence electrons. The van der Waals surface area contributed by atoms with Crippen molar-refractivity contribution in [2.75, 3.05) is 0 Å². The van der Waals surface area contributed by atoms with Crippen molar-refractivity contribution >= 4 is 10.9 Å². The van der Waals surface area contributed by atoms with E-state index >= 15 is 0 Å². The Bertz CT molecular complexity index is 641. The quantitative estimate of drug-likeness (QED) is 0.744. The van der Waals surface area contributed by atoms with Gasteiger partial charge in [0, 0.05) is 24.1 Å². The van der Waals surface area contributed by atoms with Gasteiger partial charge in [0.2, 0.25) is 0 Å². The smallest absolute Gasteiger partial charge is 0.134 e. The molecule has 1 aromatic carbocycles. The molecule has 0 saturated carbocycles. The molecule has 2 heterocycles. The summed E-state index contributed by atoms with van der Waals surface area (Å²) in [5.41, 5.74) is 1.93. The Morgan fingerprint density at radius 2 is 2.29 bits per heavy atom. The first-order chi connectivity index (χ1) is 8.31. The lowest BCUT2D eigenvalue weighted by molar-refractivity contribution is 0.301. The van der Waals surface area contributed by atoms with Gasteiger partial charge < -0.3 is 9.72 Å². The summed E-state index contributed by atoms with van der Waals surface area (Å²) in [5, 5.41) is 8.96. The summed E-state index contributed by atoms with van der Waals surface area (Å²) in [6.07, 6.45) is 3.76. The van der Waals surface area contributed by atoms with Gasteiger partial charge in [-0.05, 0) is 24.3 Å². The first-order valence-corrected chi connectivity index (χ1v) is 5.36. The van der Waals surface area contributed by atoms with Crippen LogP contribution in [0.1, 0.15) is 5.69 Å². The molecule has 2 aromatic heterocycles. The number of nitrogens with zero attached hydrogens (tertiary/aromatic N) is 3. The van der Waals surface area contributed by atoms with Crippen LogP contribution in [0.25, 0.3) is 10.9 Å². The van der Waals surface area contributed by atoms with E-state index in [9.17, 15) is 0 Å². The third-order valence-corrected chi connectivity index (χ3v) is 2.56. The molecule has 0 bridgehead atoms. The molecule has 0 amide bonds. The second-order valence-electron chi connectivity index (χ2n) is 3.90. The zero-order valence-corrected chi connectivity index (χ0v) is 9.42. The van der Waals surface area contributed by atoms with Crippen molar-refractivity contribution in [2.45, 2.75) is 6.61 Å². The van der Waals surface area contributed by atoms with Crippen molar-refractivity contribution in [3.05, 3.63) is 42.4 Å². The SMILES string of the molecule is Cn1cc(COc2ccc3[nH]ccc3c2)nn1. The van der Waals surface area contributed by atoms with Crippen LogP contribution in [0.3, 0.4) is 0 Å². The van der Waals surface area contributed by atoms with Crippen LogP contribution in [0.4, 0.5) is 0 Å². The molecule has 0 radical (unpaired) electrons. The fraction of sp³-hybridized carbons (Fsp3) is 0.167. The second-order valence-corrected chi connectivity index (χ2v) is 3.90. The Morgan fingerprint density at radius 3 is 3.12 bits per heavy atom. The molecule has 17 heavy (non-hydrogen) atoms. The van der Waals surface area contributed by atoms with Gasteiger partial charge in [-0.1, -0.05) is 5.21 Å². The van der Waals surface area contributed by atoms with Crippen LogP contribution >= 0.6 is 0 Å². The minimum absolute atomic E-state index is 0.434. The summed E-state index contributed by atoms with van der Waals surface area (Å²) in [5.74, 6) is 0.836. The highest BCUT2D eigenvalue weighted by atomic mass is 16.5. The van der Waals surface area contributed by atoms with Gasteiger partial charge in [0.1, 0.15) is 18.1 Å². The third kappa shape index (κ3) is 1.99. The molecule has 0 unspecified atom stereocenters. The Morgan fingerprint density at radius 1 is 1.35 bits per heavy atom. The maximum absolute atomic E-state index is 5.65. The van der Waals surface area contributed by atoms with Crippen LogP contribution in [0.15, 0.2) is 36.7 Å². The van der Waals surface area contributed by atoms with E-state index in [-0.39, 0.29) is 0 Å². The zero-order chi connectivity index (χ0) is 11.7. The van der Waals surface area contributed by atoms with Crippen LogP contribution in [0.5, 0.6) is 5.75 Å². The van der Waals surface area contributed by atoms with E-state index in [2.05, 4.69) is 15.3 Å². The van der Waals surface area contributed by atoms with Gasteiger partial charge >= 0.3 is 0 Å². The second kappa shape index (κ2) is 3.93. The molecule has 1 N–H and O–H groups in total. The Hall–Kier alpha value is -2.30. The summed E-state index contributed by atoms with van der Waals surface area (Å²) in [4.78, 5) is 3.14. The van der Waals surface area contributed by atoms with Crippen molar-refractivity contribution in [1.29, 1.82) is 0 Å². The van der Waals surface area contributed by atoms with Gasteiger partial charge in [0.25, 0.3) is 0 Å². The Labute approximate surface area is 98.0 Å². The summed E-state index contributed by atoms with van der Waals surface area (Å²) >= 11 is 0. The average molecular weight is 228 g/mol. The maximum Gasteiger partial charge on any atom is 0.134 e. The van der Waals surface area contributed by atoms with Gasteiger partial charge in [-0.2, -0.15) is 0 Å². The number of ether oxygens (including phenoxy) is 1. The molecule has 5 heteroatoms. The summed E-state index contributed by atoms with van der Waals surface area (Å²) < 4.78 is 7.31. The number of benzene rings is 1. The van der Waals surface area contributed by atoms with Gasteiger partial charge in [0.05, 0.1) is 6.20 Å². The normalized spacial score (nSPS) is 10.9. The Kier molecular flexibility index (Phi) is 2.29. The van der Waals surface area contributed by atoms with Crippen LogP contribution in [-0.4, -0.2) is 20.0 Å². The molecule has 5 nitrogen and oxygen atoms in total. The van der Waals surface area contributed by atoms with Crippen LogP contribution in [-0.2, 0) is 13.7 Å². The summed E-state index contributed by atoms with van der Waals surface area (Å²) in [6, 6.07) is 7.96. The van der Waals surface area contributed by atoms with Crippen molar-refractivity contribution in [1.82, 2.24) is 20.0 Å². The fourth-order valence-electron chi connectivity index (χ4n) is 1.74. The van der Waals surface area contributed by atoms with E-state index in [1.54, 1.807) is 4.68 Å². The molecule has 3 aromatic rings. The number of rotatable bonds is 3. The average Bonchev–Trinajstić information content (AvgIpc) is 2.94. The van der Waals surface area contributed by atoms with Crippen molar-refractivity contribution in [2.24, 2.45) is 7.05 Å². The minimum atomic E-state index is 0.434. The highest BCUT2D eigenvalue weighted by Crippen LogP contribution is 2.20. The standard InChI is InChI=1S/C12H12N4O/c1-16-7-10(14-15-16)8-17-11-2-3-12-9(6-11)4-5-13-12/h2-7,13H,8H2,1H3. The highest BCUT2D eigenvalue weighted by molar-refractivity contribution is 5.80. The molecule has 0 atom stereocenters. The fourth-order valence-corrected chi connectivity index (χ4v) is 1.74. The number of H-pyrrole nitrogens is 1. The van der Waals surface area contributed by atoms with Gasteiger partial charge in [-0.15, -0.1) is 5.10 Å². The van der Waals surface area contributed by atoms with E-state index < -0.39 is 0 Å². The number of aromatic amines is 1. The molecule has 0 aliphatic carbocycles. The minimum Gasteiger partial charge on any atom is -0.487 e. The number of aryl methyl sites for hydroxylation is 1. The molecular formula is C12H12N4O. The topological polar surface area (TPSA) is 55.7 Å². The number of hydrogen-bond acceptors (Lipinski definition) is 3. The summed E-state index contributed by atoms with van der Waals surface area (Å²) in [7, 11) is 1.84. The molecule has 0 fully saturated rings. The van der Waals surface area contributed by atoms with Crippen molar-refractivity contribution in [3.63, 3.8) is 0 Å². The van der Waals surface area contributed by atoms with Crippen molar-refractivity contribution in [3.8, 4) is 5.75 Å². The third-order valence-electron chi connectivity index (χ3n) is 2.56. The lowest BCUT2D eigenvalue weighted by atomic mass is 10.2. The lowest BCUT2D eigenvalue weighted by Crippen LogP contribution is -1.95. The molecule has 0 aliphatic heterocycles. The first-order valence-electron chi connectivity index (χ1n) is 5.36. The monoisotopic (exact) mass is 228 g/mol. The molecule has 0 saturated heterocycles. The molecule has 0 spiro atoms. The van der Waals surface area contributed by atoms with Gasteiger partial charge in [-0.3, -0.25) is 4.68 Å². The van der Waals surface area contributed by atoms with Crippen molar-refractivity contribution < 1.29 is 4.74 Å². The van der Waals surface area contributed by atoms with Crippen LogP contribution in [0, 0.1) is 0 Å². The van der Waals surface area contributed by atoms with Crippen LogP contribution in [0.2, 0.25) is 0 Å². The number of fused-ring (bicyclic) bond motifs is 1. The molecular weight excluding hydrogens is 216 g/mol. The van der Waals surface area contributed by atoms with E-state index in [1.807, 2.05) is 43.7 Å². The predicted molar refractivity (Wildman–Crippen MR) is 63.6 cm³/mol. The zero-order valence-electron chi connectivity index (χ0n) is 9.42. The summed E-state index contributed by atoms with van der Waals surface area (Å²) in [6.45, 7) is 0.434.